The minimum atomic E-state index is 0.504. The molecule has 0 aromatic carbocycles. The fourth-order valence-electron chi connectivity index (χ4n) is 1.52. The maximum atomic E-state index is 4.05. The zero-order valence-electron chi connectivity index (χ0n) is 7.12. The standard InChI is InChI=1S/C7H13N5/c1-6-4-8-2-3-12(6)7-5-9-11-10-7/h5-6,8H,2-4H2,1H3,(H,9,10,11). The van der Waals surface area contributed by atoms with Crippen LogP contribution in [0.4, 0.5) is 5.82 Å². The van der Waals surface area contributed by atoms with Crippen LogP contribution in [0.2, 0.25) is 0 Å². The molecule has 2 N–H and O–H groups in total. The van der Waals surface area contributed by atoms with Gasteiger partial charge in [-0.1, -0.05) is 0 Å². The second-order valence-corrected chi connectivity index (χ2v) is 3.07. The predicted octanol–water partition coefficient (Wildman–Crippen LogP) is -0.397. The lowest BCUT2D eigenvalue weighted by Gasteiger charge is -2.33. The lowest BCUT2D eigenvalue weighted by molar-refractivity contribution is 0.497. The van der Waals surface area contributed by atoms with Gasteiger partial charge in [-0.05, 0) is 6.92 Å². The van der Waals surface area contributed by atoms with Crippen LogP contribution in [0.25, 0.3) is 0 Å². The first kappa shape index (κ1) is 7.54. The van der Waals surface area contributed by atoms with E-state index in [2.05, 4.69) is 32.6 Å². The maximum Gasteiger partial charge on any atom is 0.171 e. The van der Waals surface area contributed by atoms with E-state index in [0.717, 1.165) is 25.5 Å². The van der Waals surface area contributed by atoms with Crippen molar-refractivity contribution in [3.8, 4) is 0 Å². The Hall–Kier alpha value is -1.10. The molecule has 1 atom stereocenters. The van der Waals surface area contributed by atoms with E-state index < -0.39 is 0 Å². The van der Waals surface area contributed by atoms with E-state index in [4.69, 9.17) is 0 Å². The van der Waals surface area contributed by atoms with Gasteiger partial charge in [-0.15, -0.1) is 5.10 Å². The van der Waals surface area contributed by atoms with Crippen molar-refractivity contribution in [3.05, 3.63) is 6.20 Å². The average Bonchev–Trinajstić information content (AvgIpc) is 2.57. The van der Waals surface area contributed by atoms with Crippen LogP contribution in [0.3, 0.4) is 0 Å². The van der Waals surface area contributed by atoms with E-state index in [0.29, 0.717) is 6.04 Å². The van der Waals surface area contributed by atoms with Crippen molar-refractivity contribution in [2.45, 2.75) is 13.0 Å². The van der Waals surface area contributed by atoms with Crippen molar-refractivity contribution in [2.75, 3.05) is 24.5 Å². The zero-order chi connectivity index (χ0) is 8.39. The highest BCUT2D eigenvalue weighted by Crippen LogP contribution is 2.12. The van der Waals surface area contributed by atoms with Crippen LogP contribution in [0.5, 0.6) is 0 Å². The Morgan fingerprint density at radius 1 is 1.67 bits per heavy atom. The summed E-state index contributed by atoms with van der Waals surface area (Å²) in [5, 5.41) is 13.8. The topological polar surface area (TPSA) is 56.8 Å². The number of hydrogen-bond acceptors (Lipinski definition) is 4. The lowest BCUT2D eigenvalue weighted by Crippen LogP contribution is -2.50. The SMILES string of the molecule is CC1CNCCN1c1cn[nH]n1. The van der Waals surface area contributed by atoms with Crippen molar-refractivity contribution in [1.29, 1.82) is 0 Å². The summed E-state index contributed by atoms with van der Waals surface area (Å²) in [5.41, 5.74) is 0. The molecule has 2 rings (SSSR count). The second-order valence-electron chi connectivity index (χ2n) is 3.07. The van der Waals surface area contributed by atoms with Crippen LogP contribution >= 0.6 is 0 Å². The van der Waals surface area contributed by atoms with E-state index in [9.17, 15) is 0 Å². The normalized spacial score (nSPS) is 24.4. The molecule has 2 heterocycles. The molecule has 12 heavy (non-hydrogen) atoms. The molecule has 1 fully saturated rings. The summed E-state index contributed by atoms with van der Waals surface area (Å²) in [6.07, 6.45) is 1.77. The van der Waals surface area contributed by atoms with Gasteiger partial charge >= 0.3 is 0 Å². The summed E-state index contributed by atoms with van der Waals surface area (Å²) in [7, 11) is 0. The Morgan fingerprint density at radius 3 is 3.25 bits per heavy atom. The van der Waals surface area contributed by atoms with Crippen molar-refractivity contribution in [1.82, 2.24) is 20.7 Å². The molecule has 5 heteroatoms. The number of rotatable bonds is 1. The predicted molar refractivity (Wildman–Crippen MR) is 46.1 cm³/mol. The summed E-state index contributed by atoms with van der Waals surface area (Å²) >= 11 is 0. The van der Waals surface area contributed by atoms with Crippen LogP contribution in [-0.4, -0.2) is 41.1 Å². The van der Waals surface area contributed by atoms with Gasteiger partial charge in [-0.25, -0.2) is 0 Å². The van der Waals surface area contributed by atoms with Crippen LogP contribution in [0, 0.1) is 0 Å². The highest BCUT2D eigenvalue weighted by atomic mass is 15.4. The van der Waals surface area contributed by atoms with Gasteiger partial charge in [0.05, 0.1) is 6.20 Å². The third-order valence-corrected chi connectivity index (χ3v) is 2.20. The Balaban J connectivity index is 2.11. The second kappa shape index (κ2) is 3.10. The summed E-state index contributed by atoms with van der Waals surface area (Å²) in [4.78, 5) is 2.25. The third-order valence-electron chi connectivity index (χ3n) is 2.20. The summed E-state index contributed by atoms with van der Waals surface area (Å²) in [5.74, 6) is 0.948. The molecule has 0 saturated carbocycles. The number of H-pyrrole nitrogens is 1. The Labute approximate surface area is 71.1 Å². The van der Waals surface area contributed by atoms with E-state index in [-0.39, 0.29) is 0 Å². The number of hydrogen-bond donors (Lipinski definition) is 2. The molecule has 0 amide bonds. The number of piperazine rings is 1. The van der Waals surface area contributed by atoms with E-state index in [1.54, 1.807) is 6.20 Å². The van der Waals surface area contributed by atoms with Crippen molar-refractivity contribution >= 4 is 5.82 Å². The number of nitrogens with zero attached hydrogens (tertiary/aromatic N) is 3. The Kier molecular flexibility index (Phi) is 1.95. The Bertz CT molecular complexity index is 232. The Morgan fingerprint density at radius 2 is 2.58 bits per heavy atom. The molecular formula is C7H13N5. The van der Waals surface area contributed by atoms with Gasteiger partial charge in [0.15, 0.2) is 5.82 Å². The fourth-order valence-corrected chi connectivity index (χ4v) is 1.52. The van der Waals surface area contributed by atoms with Gasteiger partial charge in [0.1, 0.15) is 0 Å². The molecule has 0 spiro atoms. The highest BCUT2D eigenvalue weighted by Gasteiger charge is 2.19. The van der Waals surface area contributed by atoms with E-state index in [1.807, 2.05) is 0 Å². The van der Waals surface area contributed by atoms with Crippen LogP contribution in [0.1, 0.15) is 6.92 Å². The molecule has 0 radical (unpaired) electrons. The fraction of sp³-hybridized carbons (Fsp3) is 0.714. The average molecular weight is 167 g/mol. The van der Waals surface area contributed by atoms with Gasteiger partial charge in [0.25, 0.3) is 0 Å². The molecule has 5 nitrogen and oxygen atoms in total. The zero-order valence-corrected chi connectivity index (χ0v) is 7.12. The molecule has 0 bridgehead atoms. The third kappa shape index (κ3) is 1.27. The first-order chi connectivity index (χ1) is 5.88. The minimum Gasteiger partial charge on any atom is -0.349 e. The molecule has 0 aliphatic carbocycles. The van der Waals surface area contributed by atoms with Crippen molar-refractivity contribution in [2.24, 2.45) is 0 Å². The van der Waals surface area contributed by atoms with Crippen molar-refractivity contribution in [3.63, 3.8) is 0 Å². The minimum absolute atomic E-state index is 0.504. The summed E-state index contributed by atoms with van der Waals surface area (Å²) in [6.45, 7) is 5.23. The molecule has 1 unspecified atom stereocenters. The van der Waals surface area contributed by atoms with Crippen molar-refractivity contribution < 1.29 is 0 Å². The lowest BCUT2D eigenvalue weighted by atomic mass is 10.2. The number of aromatic amines is 1. The highest BCUT2D eigenvalue weighted by molar-refractivity contribution is 5.36. The molecule has 66 valence electrons. The molecule has 1 aliphatic heterocycles. The molecular weight excluding hydrogens is 154 g/mol. The molecule has 1 aromatic heterocycles. The summed E-state index contributed by atoms with van der Waals surface area (Å²) < 4.78 is 0. The van der Waals surface area contributed by atoms with Crippen LogP contribution in [-0.2, 0) is 0 Å². The largest absolute Gasteiger partial charge is 0.349 e. The van der Waals surface area contributed by atoms with Gasteiger partial charge in [-0.2, -0.15) is 10.3 Å². The first-order valence-corrected chi connectivity index (χ1v) is 4.21. The molecule has 1 aromatic rings. The van der Waals surface area contributed by atoms with E-state index >= 15 is 0 Å². The van der Waals surface area contributed by atoms with Crippen LogP contribution < -0.4 is 10.2 Å². The van der Waals surface area contributed by atoms with Gasteiger partial charge in [0, 0.05) is 25.7 Å². The van der Waals surface area contributed by atoms with Gasteiger partial charge < -0.3 is 10.2 Å². The smallest absolute Gasteiger partial charge is 0.171 e. The van der Waals surface area contributed by atoms with E-state index in [1.165, 1.54) is 0 Å². The quantitative estimate of drug-likeness (QED) is 0.597. The van der Waals surface area contributed by atoms with Crippen LogP contribution in [0.15, 0.2) is 6.20 Å². The maximum absolute atomic E-state index is 4.05. The first-order valence-electron chi connectivity index (χ1n) is 4.21. The monoisotopic (exact) mass is 167 g/mol. The molecule has 1 aliphatic rings. The number of anilines is 1. The number of nitrogens with one attached hydrogen (secondary N) is 2. The number of aromatic nitrogens is 3. The summed E-state index contributed by atoms with van der Waals surface area (Å²) in [6, 6.07) is 0.504. The molecule has 1 saturated heterocycles. The van der Waals surface area contributed by atoms with Gasteiger partial charge in [0.2, 0.25) is 0 Å². The van der Waals surface area contributed by atoms with Gasteiger partial charge in [-0.3, -0.25) is 0 Å².